The number of hydrogen-bond acceptors (Lipinski definition) is 5. The number of carbonyl (C=O) groups is 1. The second-order valence-electron chi connectivity index (χ2n) is 5.62. The lowest BCUT2D eigenvalue weighted by atomic mass is 10.0. The maximum absolute atomic E-state index is 13.2. The summed E-state index contributed by atoms with van der Waals surface area (Å²) in [7, 11) is 1.31. The molecule has 27 heavy (non-hydrogen) atoms. The van der Waals surface area contributed by atoms with Gasteiger partial charge in [-0.15, -0.1) is 0 Å². The van der Waals surface area contributed by atoms with E-state index in [0.29, 0.717) is 0 Å². The molecule has 0 aliphatic carbocycles. The zero-order valence-corrected chi connectivity index (χ0v) is 14.2. The van der Waals surface area contributed by atoms with Crippen LogP contribution in [0.15, 0.2) is 41.4 Å². The number of amides is 1. The Balaban J connectivity index is 2.20. The van der Waals surface area contributed by atoms with Crippen LogP contribution in [0.2, 0.25) is 0 Å². The maximum Gasteiger partial charge on any atom is 0.404 e. The van der Waals surface area contributed by atoms with Gasteiger partial charge in [0.25, 0.3) is 5.91 Å². The highest BCUT2D eigenvalue weighted by Gasteiger charge is 2.37. The van der Waals surface area contributed by atoms with Gasteiger partial charge in [0.2, 0.25) is 0 Å². The van der Waals surface area contributed by atoms with Gasteiger partial charge in [0.1, 0.15) is 23.4 Å². The number of anilines is 2. The van der Waals surface area contributed by atoms with Gasteiger partial charge in [-0.25, -0.2) is 9.37 Å². The van der Waals surface area contributed by atoms with Crippen molar-refractivity contribution in [1.29, 1.82) is 0 Å². The van der Waals surface area contributed by atoms with Crippen molar-refractivity contribution in [3.8, 4) is 0 Å². The zero-order chi connectivity index (χ0) is 20.2. The van der Waals surface area contributed by atoms with Crippen molar-refractivity contribution >= 4 is 23.1 Å². The average Bonchev–Trinajstić information content (AvgIpc) is 2.58. The number of hydrogen-bond donors (Lipinski definition) is 3. The van der Waals surface area contributed by atoms with E-state index in [4.69, 9.17) is 11.5 Å². The predicted octanol–water partition coefficient (Wildman–Crippen LogP) is 2.75. The van der Waals surface area contributed by atoms with Gasteiger partial charge >= 0.3 is 6.18 Å². The minimum atomic E-state index is -4.58. The Hall–Kier alpha value is -3.01. The normalized spacial score (nSPS) is 13.3. The summed E-state index contributed by atoms with van der Waals surface area (Å²) in [6.45, 7) is 0. The molecular formula is C17H17F4N5O. The molecule has 144 valence electrons. The number of aromatic nitrogens is 1. The lowest BCUT2D eigenvalue weighted by Gasteiger charge is -2.17. The summed E-state index contributed by atoms with van der Waals surface area (Å²) in [5.41, 5.74) is 11.2. The molecule has 0 radical (unpaired) electrons. The van der Waals surface area contributed by atoms with E-state index in [2.05, 4.69) is 15.3 Å². The molecule has 0 spiro atoms. The van der Waals surface area contributed by atoms with Crippen molar-refractivity contribution in [2.24, 2.45) is 10.7 Å². The molecule has 0 bridgehead atoms. The van der Waals surface area contributed by atoms with Crippen LogP contribution in [-0.2, 0) is 0 Å². The molecule has 0 saturated carbocycles. The molecule has 2 rings (SSSR count). The van der Waals surface area contributed by atoms with Crippen LogP contribution >= 0.6 is 0 Å². The highest BCUT2D eigenvalue weighted by Crippen LogP contribution is 2.23. The second kappa shape index (κ2) is 8.12. The van der Waals surface area contributed by atoms with Crippen LogP contribution in [0.5, 0.6) is 0 Å². The number of pyridine rings is 1. The highest BCUT2D eigenvalue weighted by molar-refractivity contribution is 6.07. The maximum atomic E-state index is 13.2. The summed E-state index contributed by atoms with van der Waals surface area (Å²) in [5.74, 6) is -1.35. The molecule has 1 unspecified atom stereocenters. The molecule has 1 aromatic heterocycles. The van der Waals surface area contributed by atoms with Gasteiger partial charge in [-0.3, -0.25) is 9.79 Å². The molecule has 0 fully saturated rings. The first-order valence-electron chi connectivity index (χ1n) is 7.73. The van der Waals surface area contributed by atoms with E-state index in [-0.39, 0.29) is 28.5 Å². The summed E-state index contributed by atoms with van der Waals surface area (Å²) in [4.78, 5) is 19.9. The lowest BCUT2D eigenvalue weighted by molar-refractivity contribution is -0.145. The van der Waals surface area contributed by atoms with Crippen molar-refractivity contribution in [3.63, 3.8) is 0 Å². The van der Waals surface area contributed by atoms with Gasteiger partial charge in [0.15, 0.2) is 0 Å². The number of benzene rings is 1. The summed E-state index contributed by atoms with van der Waals surface area (Å²) in [6, 6.07) is 5.77. The Morgan fingerprint density at radius 2 is 2.00 bits per heavy atom. The third-order valence-corrected chi connectivity index (χ3v) is 3.65. The first-order chi connectivity index (χ1) is 12.6. The predicted molar refractivity (Wildman–Crippen MR) is 94.1 cm³/mol. The average molecular weight is 383 g/mol. The van der Waals surface area contributed by atoms with Crippen LogP contribution in [0.25, 0.3) is 0 Å². The molecule has 6 nitrogen and oxygen atoms in total. The smallest absolute Gasteiger partial charge is 0.383 e. The third-order valence-electron chi connectivity index (χ3n) is 3.65. The number of rotatable bonds is 5. The molecular weight excluding hydrogens is 366 g/mol. The summed E-state index contributed by atoms with van der Waals surface area (Å²) >= 11 is 0. The van der Waals surface area contributed by atoms with Gasteiger partial charge in [-0.05, 0) is 30.3 Å². The fourth-order valence-corrected chi connectivity index (χ4v) is 2.25. The van der Waals surface area contributed by atoms with Crippen LogP contribution in [0.3, 0.4) is 0 Å². The SMILES string of the molecule is CN=C(CC(N)C(F)(F)F)c1ccc(C(=O)Nc2cccc(F)c2)nc1N. The third kappa shape index (κ3) is 5.23. The molecule has 0 saturated heterocycles. The zero-order valence-electron chi connectivity index (χ0n) is 14.2. The van der Waals surface area contributed by atoms with E-state index >= 15 is 0 Å². The van der Waals surface area contributed by atoms with E-state index in [0.717, 1.165) is 6.07 Å². The number of nitrogen functional groups attached to an aromatic ring is 1. The Labute approximate surface area is 152 Å². The Bertz CT molecular complexity index is 867. The van der Waals surface area contributed by atoms with Gasteiger partial charge < -0.3 is 16.8 Å². The van der Waals surface area contributed by atoms with Crippen molar-refractivity contribution in [3.05, 3.63) is 53.5 Å². The van der Waals surface area contributed by atoms with Crippen LogP contribution in [0, 0.1) is 5.82 Å². The first kappa shape index (κ1) is 20.3. The standard InChI is InChI=1S/C17H17F4N5O/c1-24-13(8-14(22)17(19,20)21)11-5-6-12(26-15(11)23)16(27)25-10-4-2-3-9(18)7-10/h2-7,14H,8,22H2,1H3,(H2,23,26)(H,25,27). The van der Waals surface area contributed by atoms with E-state index in [1.54, 1.807) is 0 Å². The lowest BCUT2D eigenvalue weighted by Crippen LogP contribution is -2.39. The van der Waals surface area contributed by atoms with Crippen molar-refractivity contribution in [2.75, 3.05) is 18.1 Å². The van der Waals surface area contributed by atoms with Crippen molar-refractivity contribution < 1.29 is 22.4 Å². The molecule has 10 heteroatoms. The van der Waals surface area contributed by atoms with Gasteiger partial charge in [0.05, 0.1) is 0 Å². The molecule has 5 N–H and O–H groups in total. The summed E-state index contributed by atoms with van der Waals surface area (Å²) in [5, 5.41) is 2.45. The van der Waals surface area contributed by atoms with Crippen LogP contribution in [0.4, 0.5) is 29.1 Å². The quantitative estimate of drug-likeness (QED) is 0.545. The van der Waals surface area contributed by atoms with E-state index < -0.39 is 30.4 Å². The molecule has 1 aromatic carbocycles. The van der Waals surface area contributed by atoms with Crippen molar-refractivity contribution in [2.45, 2.75) is 18.6 Å². The molecule has 0 aliphatic rings. The number of aliphatic imine (C=N–C) groups is 1. The van der Waals surface area contributed by atoms with Gasteiger partial charge in [-0.2, -0.15) is 13.2 Å². The Morgan fingerprint density at radius 1 is 1.30 bits per heavy atom. The summed E-state index contributed by atoms with van der Waals surface area (Å²) in [6.07, 6.45) is -5.16. The second-order valence-corrected chi connectivity index (χ2v) is 5.62. The molecule has 1 amide bonds. The van der Waals surface area contributed by atoms with Crippen LogP contribution < -0.4 is 16.8 Å². The van der Waals surface area contributed by atoms with Gasteiger partial charge in [-0.1, -0.05) is 6.07 Å². The fourth-order valence-electron chi connectivity index (χ4n) is 2.25. The van der Waals surface area contributed by atoms with E-state index in [9.17, 15) is 22.4 Å². The Morgan fingerprint density at radius 3 is 2.56 bits per heavy atom. The number of nitrogens with two attached hydrogens (primary N) is 2. The monoisotopic (exact) mass is 383 g/mol. The number of halogens is 4. The van der Waals surface area contributed by atoms with Gasteiger partial charge in [0, 0.05) is 30.4 Å². The largest absolute Gasteiger partial charge is 0.404 e. The molecule has 2 aromatic rings. The number of nitrogens with zero attached hydrogens (tertiary/aromatic N) is 2. The number of alkyl halides is 3. The number of carbonyl (C=O) groups excluding carboxylic acids is 1. The Kier molecular flexibility index (Phi) is 6.11. The van der Waals surface area contributed by atoms with Crippen LogP contribution in [-0.4, -0.2) is 35.9 Å². The topological polar surface area (TPSA) is 106 Å². The first-order valence-corrected chi connectivity index (χ1v) is 7.73. The molecule has 1 atom stereocenters. The number of nitrogens with one attached hydrogen (secondary N) is 1. The van der Waals surface area contributed by atoms with Crippen molar-refractivity contribution in [1.82, 2.24) is 4.98 Å². The highest BCUT2D eigenvalue weighted by atomic mass is 19.4. The van der Waals surface area contributed by atoms with Crippen LogP contribution in [0.1, 0.15) is 22.5 Å². The molecule has 0 aliphatic heterocycles. The van der Waals surface area contributed by atoms with E-state index in [1.807, 2.05) is 0 Å². The minimum absolute atomic E-state index is 0.0157. The fraction of sp³-hybridized carbons (Fsp3) is 0.235. The van der Waals surface area contributed by atoms with E-state index in [1.165, 1.54) is 37.4 Å². The molecule has 1 heterocycles. The summed E-state index contributed by atoms with van der Waals surface area (Å²) < 4.78 is 51.1. The minimum Gasteiger partial charge on any atom is -0.383 e.